The maximum absolute atomic E-state index is 11.8. The van der Waals surface area contributed by atoms with Crippen LogP contribution in [0.3, 0.4) is 0 Å². The number of benzene rings is 1. The smallest absolute Gasteiger partial charge is 0.309 e. The summed E-state index contributed by atoms with van der Waals surface area (Å²) in [6.07, 6.45) is 4.34. The molecular weight excluding hydrogens is 346 g/mol. The minimum atomic E-state index is -0.114. The number of nitrogens with zero attached hydrogens (tertiary/aromatic N) is 1. The molecule has 24 heavy (non-hydrogen) atoms. The predicted octanol–water partition coefficient (Wildman–Crippen LogP) is 4.92. The van der Waals surface area contributed by atoms with Crippen molar-refractivity contribution in [2.24, 2.45) is 5.92 Å². The number of phenolic OH excluding ortho intramolecular Hbond substituents is 1. The monoisotopic (exact) mass is 363 g/mol. The van der Waals surface area contributed by atoms with Crippen LogP contribution in [0.4, 0.5) is 0 Å². The second-order valence-electron chi connectivity index (χ2n) is 5.65. The van der Waals surface area contributed by atoms with Gasteiger partial charge in [0, 0.05) is 16.0 Å². The molecule has 0 spiro atoms. The van der Waals surface area contributed by atoms with Gasteiger partial charge in [0.05, 0.1) is 18.2 Å². The van der Waals surface area contributed by atoms with E-state index in [9.17, 15) is 9.90 Å². The Hall–Kier alpha value is -1.85. The summed E-state index contributed by atoms with van der Waals surface area (Å²) in [7, 11) is 0. The van der Waals surface area contributed by atoms with E-state index in [4.69, 9.17) is 16.3 Å². The van der Waals surface area contributed by atoms with Gasteiger partial charge in [-0.15, -0.1) is 11.3 Å². The van der Waals surface area contributed by atoms with Crippen LogP contribution < -0.4 is 0 Å². The highest BCUT2D eigenvalue weighted by atomic mass is 35.5. The molecule has 0 fully saturated rings. The molecule has 1 atom stereocenters. The average molecular weight is 364 g/mol. The molecule has 0 radical (unpaired) electrons. The minimum Gasteiger partial charge on any atom is -0.507 e. The van der Waals surface area contributed by atoms with Crippen LogP contribution in [0.5, 0.6) is 5.75 Å². The molecular formula is C18H18ClNO3S. The Morgan fingerprint density at radius 2 is 2.33 bits per heavy atom. The number of aromatic nitrogens is 1. The van der Waals surface area contributed by atoms with Gasteiger partial charge in [0.25, 0.3) is 0 Å². The molecule has 1 aliphatic carbocycles. The topological polar surface area (TPSA) is 59.4 Å². The first kappa shape index (κ1) is 17.0. The van der Waals surface area contributed by atoms with E-state index in [1.807, 2.05) is 12.3 Å². The molecule has 4 nitrogen and oxygen atoms in total. The fourth-order valence-corrected chi connectivity index (χ4v) is 3.82. The van der Waals surface area contributed by atoms with Gasteiger partial charge in [-0.25, -0.2) is 4.98 Å². The molecule has 1 aliphatic rings. The number of carbonyl (C=O) groups excluding carboxylic acids is 1. The van der Waals surface area contributed by atoms with Gasteiger partial charge in [-0.1, -0.05) is 17.7 Å². The summed E-state index contributed by atoms with van der Waals surface area (Å²) in [6, 6.07) is 4.93. The number of carbonyl (C=O) groups is 1. The van der Waals surface area contributed by atoms with E-state index in [1.54, 1.807) is 18.2 Å². The van der Waals surface area contributed by atoms with Gasteiger partial charge in [0.1, 0.15) is 10.8 Å². The molecule has 1 N–H and O–H groups in total. The molecule has 0 saturated heterocycles. The number of esters is 1. The lowest BCUT2D eigenvalue weighted by molar-refractivity contribution is -0.148. The van der Waals surface area contributed by atoms with E-state index < -0.39 is 0 Å². The van der Waals surface area contributed by atoms with Crippen molar-refractivity contribution in [2.45, 2.75) is 26.2 Å². The van der Waals surface area contributed by atoms with E-state index in [0.717, 1.165) is 23.4 Å². The fourth-order valence-electron chi connectivity index (χ4n) is 2.76. The molecule has 1 heterocycles. The Labute approximate surface area is 149 Å². The lowest BCUT2D eigenvalue weighted by Gasteiger charge is -2.19. The Balaban J connectivity index is 1.77. The molecule has 0 bridgehead atoms. The van der Waals surface area contributed by atoms with E-state index in [1.165, 1.54) is 11.3 Å². The van der Waals surface area contributed by atoms with Gasteiger partial charge in [0.2, 0.25) is 0 Å². The zero-order chi connectivity index (χ0) is 17.1. The highest BCUT2D eigenvalue weighted by Gasteiger charge is 2.24. The molecule has 0 aliphatic heterocycles. The van der Waals surface area contributed by atoms with E-state index >= 15 is 0 Å². The first-order valence-corrected chi connectivity index (χ1v) is 9.14. The number of thiazole rings is 1. The zero-order valence-electron chi connectivity index (χ0n) is 13.3. The Kier molecular flexibility index (Phi) is 5.21. The molecule has 6 heteroatoms. The highest BCUT2D eigenvalue weighted by molar-refractivity contribution is 7.11. The molecule has 0 amide bonds. The van der Waals surface area contributed by atoms with Crippen molar-refractivity contribution in [3.63, 3.8) is 0 Å². The molecule has 126 valence electrons. The lowest BCUT2D eigenvalue weighted by Crippen LogP contribution is -2.19. The van der Waals surface area contributed by atoms with Gasteiger partial charge in [-0.3, -0.25) is 4.79 Å². The normalized spacial score (nSPS) is 17.4. The first-order chi connectivity index (χ1) is 11.6. The number of ether oxygens (including phenoxy) is 1. The van der Waals surface area contributed by atoms with Crippen LogP contribution in [0.2, 0.25) is 5.02 Å². The Morgan fingerprint density at radius 3 is 3.04 bits per heavy atom. The predicted molar refractivity (Wildman–Crippen MR) is 96.2 cm³/mol. The van der Waals surface area contributed by atoms with Crippen molar-refractivity contribution in [3.8, 4) is 17.0 Å². The molecule has 3 rings (SSSR count). The third kappa shape index (κ3) is 3.62. The summed E-state index contributed by atoms with van der Waals surface area (Å²) in [5.41, 5.74) is 2.49. The van der Waals surface area contributed by atoms with Crippen LogP contribution in [-0.4, -0.2) is 22.7 Å². The number of allylic oxidation sites excluding steroid dienone is 2. The van der Waals surface area contributed by atoms with Crippen molar-refractivity contribution < 1.29 is 14.6 Å². The Bertz CT molecular complexity index is 784. The summed E-state index contributed by atoms with van der Waals surface area (Å²) in [4.78, 5) is 16.4. The van der Waals surface area contributed by atoms with Crippen LogP contribution in [0.15, 0.2) is 29.7 Å². The van der Waals surface area contributed by atoms with Crippen molar-refractivity contribution in [3.05, 3.63) is 39.7 Å². The molecule has 1 aromatic carbocycles. The summed E-state index contributed by atoms with van der Waals surface area (Å²) in [5, 5.41) is 13.4. The number of rotatable bonds is 4. The molecule has 0 saturated carbocycles. The van der Waals surface area contributed by atoms with Crippen LogP contribution in [-0.2, 0) is 9.53 Å². The quantitative estimate of drug-likeness (QED) is 0.783. The average Bonchev–Trinajstić information content (AvgIpc) is 3.07. The largest absolute Gasteiger partial charge is 0.507 e. The van der Waals surface area contributed by atoms with Crippen molar-refractivity contribution in [1.29, 1.82) is 0 Å². The van der Waals surface area contributed by atoms with E-state index in [2.05, 4.69) is 11.1 Å². The lowest BCUT2D eigenvalue weighted by atomic mass is 9.90. The van der Waals surface area contributed by atoms with Crippen LogP contribution in [0, 0.1) is 5.92 Å². The second-order valence-corrected chi connectivity index (χ2v) is 6.95. The van der Waals surface area contributed by atoms with E-state index in [-0.39, 0.29) is 17.6 Å². The third-order valence-corrected chi connectivity index (χ3v) is 5.20. The van der Waals surface area contributed by atoms with Crippen molar-refractivity contribution in [2.75, 3.05) is 6.61 Å². The van der Waals surface area contributed by atoms with Crippen molar-refractivity contribution in [1.82, 2.24) is 4.98 Å². The maximum atomic E-state index is 11.8. The van der Waals surface area contributed by atoms with Crippen LogP contribution in [0.1, 0.15) is 31.2 Å². The number of hydrogen-bond donors (Lipinski definition) is 1. The van der Waals surface area contributed by atoms with Crippen molar-refractivity contribution >= 4 is 34.5 Å². The molecule has 1 unspecified atom stereocenters. The number of phenols is 1. The van der Waals surface area contributed by atoms with Gasteiger partial charge < -0.3 is 9.84 Å². The molecule has 1 aromatic heterocycles. The maximum Gasteiger partial charge on any atom is 0.309 e. The number of hydrogen-bond acceptors (Lipinski definition) is 5. The Morgan fingerprint density at radius 1 is 1.50 bits per heavy atom. The van der Waals surface area contributed by atoms with Gasteiger partial charge in [-0.05, 0) is 50.0 Å². The first-order valence-electron chi connectivity index (χ1n) is 7.89. The summed E-state index contributed by atoms with van der Waals surface area (Å²) >= 11 is 7.54. The second kappa shape index (κ2) is 7.36. The number of halogens is 1. The van der Waals surface area contributed by atoms with Gasteiger partial charge in [0.15, 0.2) is 0 Å². The van der Waals surface area contributed by atoms with Crippen LogP contribution >= 0.6 is 22.9 Å². The SMILES string of the molecule is CCOC(=O)C1CC=C(c2nc(-c3cc(Cl)ccc3O)cs2)CC1. The van der Waals surface area contributed by atoms with Gasteiger partial charge in [-0.2, -0.15) is 0 Å². The van der Waals surface area contributed by atoms with Crippen LogP contribution in [0.25, 0.3) is 16.8 Å². The van der Waals surface area contributed by atoms with Gasteiger partial charge >= 0.3 is 5.97 Å². The zero-order valence-corrected chi connectivity index (χ0v) is 14.9. The number of aromatic hydroxyl groups is 1. The van der Waals surface area contributed by atoms with E-state index in [0.29, 0.717) is 29.3 Å². The summed E-state index contributed by atoms with van der Waals surface area (Å²) < 4.78 is 5.09. The standard InChI is InChI=1S/C18H18ClNO3S/c1-2-23-18(22)12-5-3-11(4-6-12)17-20-15(10-24-17)14-9-13(19)7-8-16(14)21/h3,7-10,12,21H,2,4-6H2,1H3. The highest BCUT2D eigenvalue weighted by Crippen LogP contribution is 2.37. The fraction of sp³-hybridized carbons (Fsp3) is 0.333. The summed E-state index contributed by atoms with van der Waals surface area (Å²) in [6.45, 7) is 2.25. The third-order valence-electron chi connectivity index (χ3n) is 4.04. The minimum absolute atomic E-state index is 0.0508. The summed E-state index contributed by atoms with van der Waals surface area (Å²) in [5.74, 6) is -0.00201. The molecule has 2 aromatic rings.